The van der Waals surface area contributed by atoms with Crippen LogP contribution in [0.4, 0.5) is 0 Å². The van der Waals surface area contributed by atoms with Crippen molar-refractivity contribution in [2.45, 2.75) is 45.6 Å². The number of phenolic OH excluding ortho intramolecular Hbond substituents is 2. The van der Waals surface area contributed by atoms with Crippen molar-refractivity contribution in [1.82, 2.24) is 0 Å². The number of phenols is 2. The summed E-state index contributed by atoms with van der Waals surface area (Å²) in [5.41, 5.74) is 0. The van der Waals surface area contributed by atoms with Crippen LogP contribution in [0.1, 0.15) is 13.8 Å². The topological polar surface area (TPSA) is 127 Å². The Kier molecular flexibility index (Phi) is 7.66. The van der Waals surface area contributed by atoms with Gasteiger partial charge >= 0.3 is 0 Å². The molecule has 0 saturated carbocycles. The molecule has 198 valence electrons. The van der Waals surface area contributed by atoms with E-state index in [1.165, 1.54) is 72.8 Å². The first kappa shape index (κ1) is 27.0. The van der Waals surface area contributed by atoms with E-state index in [1.807, 2.05) is 0 Å². The van der Waals surface area contributed by atoms with Gasteiger partial charge in [-0.2, -0.15) is 0 Å². The maximum Gasteiger partial charge on any atom is 0.206 e. The largest absolute Gasteiger partial charge is 0.508 e. The Morgan fingerprint density at radius 2 is 0.711 bits per heavy atom. The molecule has 0 aliphatic heterocycles. The molecule has 2 unspecified atom stereocenters. The molecule has 10 heteroatoms. The third-order valence-electron chi connectivity index (χ3n) is 5.87. The van der Waals surface area contributed by atoms with Crippen LogP contribution >= 0.6 is 0 Å². The summed E-state index contributed by atoms with van der Waals surface area (Å²) in [6.07, 6.45) is -0.843. The van der Waals surface area contributed by atoms with Crippen LogP contribution in [-0.2, 0) is 19.7 Å². The van der Waals surface area contributed by atoms with Crippen LogP contribution < -0.4 is 9.47 Å². The molecule has 0 aliphatic rings. The summed E-state index contributed by atoms with van der Waals surface area (Å²) >= 11 is 0. The second-order valence-corrected chi connectivity index (χ2v) is 12.5. The standard InChI is InChI=1S/C28H26O8S2/c1-19(35-23-7-15-27(16-8-23)37(31,32)25-11-3-21(29)4-12-25)20(2)36-24-9-17-28(18-10-24)38(33,34)26-13-5-22(30)6-14-26/h3-20,29-30H,1-2H3. The first-order chi connectivity index (χ1) is 18.0. The van der Waals surface area contributed by atoms with Crippen LogP contribution in [0.15, 0.2) is 117 Å². The molecule has 2 atom stereocenters. The Morgan fingerprint density at radius 1 is 0.474 bits per heavy atom. The lowest BCUT2D eigenvalue weighted by atomic mass is 10.2. The van der Waals surface area contributed by atoms with E-state index < -0.39 is 31.9 Å². The van der Waals surface area contributed by atoms with Crippen molar-refractivity contribution in [1.29, 1.82) is 0 Å². The molecule has 8 nitrogen and oxygen atoms in total. The van der Waals surface area contributed by atoms with Crippen molar-refractivity contribution < 1.29 is 36.5 Å². The van der Waals surface area contributed by atoms with Gasteiger partial charge in [0.15, 0.2) is 0 Å². The highest BCUT2D eigenvalue weighted by Crippen LogP contribution is 2.27. The lowest BCUT2D eigenvalue weighted by Crippen LogP contribution is -2.31. The van der Waals surface area contributed by atoms with Gasteiger partial charge in [-0.25, -0.2) is 16.8 Å². The highest BCUT2D eigenvalue weighted by Gasteiger charge is 2.21. The van der Waals surface area contributed by atoms with Gasteiger partial charge in [0.05, 0.1) is 19.6 Å². The quantitative estimate of drug-likeness (QED) is 0.296. The second kappa shape index (κ2) is 10.8. The minimum absolute atomic E-state index is 0.0203. The molecule has 0 radical (unpaired) electrons. The summed E-state index contributed by atoms with van der Waals surface area (Å²) in [6, 6.07) is 22.6. The molecular weight excluding hydrogens is 528 g/mol. The highest BCUT2D eigenvalue weighted by molar-refractivity contribution is 7.91. The average molecular weight is 555 g/mol. The van der Waals surface area contributed by atoms with Crippen molar-refractivity contribution in [3.05, 3.63) is 97.1 Å². The van der Waals surface area contributed by atoms with Crippen LogP contribution in [0.5, 0.6) is 23.0 Å². The van der Waals surface area contributed by atoms with Gasteiger partial charge in [-0.15, -0.1) is 0 Å². The molecule has 0 saturated heterocycles. The lowest BCUT2D eigenvalue weighted by molar-refractivity contribution is 0.0778. The fourth-order valence-electron chi connectivity index (χ4n) is 3.54. The van der Waals surface area contributed by atoms with Gasteiger partial charge in [-0.1, -0.05) is 0 Å². The zero-order chi connectivity index (χ0) is 27.5. The monoisotopic (exact) mass is 554 g/mol. The van der Waals surface area contributed by atoms with Gasteiger partial charge in [0.1, 0.15) is 35.2 Å². The molecule has 0 aromatic heterocycles. The van der Waals surface area contributed by atoms with Crippen LogP contribution in [-0.4, -0.2) is 39.3 Å². The minimum atomic E-state index is -3.74. The summed E-state index contributed by atoms with van der Waals surface area (Å²) in [4.78, 5) is 0.326. The predicted molar refractivity (Wildman–Crippen MR) is 140 cm³/mol. The lowest BCUT2D eigenvalue weighted by Gasteiger charge is -2.23. The third kappa shape index (κ3) is 5.92. The Hall–Kier alpha value is -4.02. The first-order valence-corrected chi connectivity index (χ1v) is 14.5. The molecule has 38 heavy (non-hydrogen) atoms. The minimum Gasteiger partial charge on any atom is -0.508 e. The third-order valence-corrected chi connectivity index (χ3v) is 9.44. The number of benzene rings is 4. The van der Waals surface area contributed by atoms with E-state index in [4.69, 9.17) is 9.47 Å². The predicted octanol–water partition coefficient (Wildman–Crippen LogP) is 5.00. The van der Waals surface area contributed by atoms with Crippen molar-refractivity contribution >= 4 is 19.7 Å². The number of ether oxygens (including phenoxy) is 2. The Labute approximate surface area is 221 Å². The Morgan fingerprint density at radius 3 is 0.974 bits per heavy atom. The van der Waals surface area contributed by atoms with Crippen LogP contribution in [0, 0.1) is 0 Å². The normalized spacial score (nSPS) is 13.4. The Balaban J connectivity index is 1.39. The SMILES string of the molecule is CC(Oc1ccc(S(=O)(=O)c2ccc(O)cc2)cc1)C(C)Oc1ccc(S(=O)(=O)c2ccc(O)cc2)cc1. The van der Waals surface area contributed by atoms with Gasteiger partial charge in [-0.3, -0.25) is 0 Å². The van der Waals surface area contributed by atoms with E-state index in [-0.39, 0.29) is 31.1 Å². The fourth-order valence-corrected chi connectivity index (χ4v) is 6.06. The smallest absolute Gasteiger partial charge is 0.206 e. The molecular formula is C28H26O8S2. The van der Waals surface area contributed by atoms with E-state index in [9.17, 15) is 27.0 Å². The summed E-state index contributed by atoms with van der Waals surface area (Å²) in [6.45, 7) is 3.60. The van der Waals surface area contributed by atoms with Crippen LogP contribution in [0.3, 0.4) is 0 Å². The summed E-state index contributed by atoms with van der Waals surface area (Å²) < 4.78 is 62.9. The molecule has 0 fully saturated rings. The van der Waals surface area contributed by atoms with E-state index in [0.29, 0.717) is 11.5 Å². The van der Waals surface area contributed by atoms with Gasteiger partial charge in [-0.05, 0) is 111 Å². The Bertz CT molecular complexity index is 1470. The fraction of sp³-hybridized carbons (Fsp3) is 0.143. The van der Waals surface area contributed by atoms with Gasteiger partial charge in [0.25, 0.3) is 0 Å². The van der Waals surface area contributed by atoms with Crippen molar-refractivity contribution in [3.8, 4) is 23.0 Å². The van der Waals surface area contributed by atoms with E-state index >= 15 is 0 Å². The average Bonchev–Trinajstić information content (AvgIpc) is 2.90. The van der Waals surface area contributed by atoms with Gasteiger partial charge < -0.3 is 19.7 Å². The molecule has 4 aromatic rings. The molecule has 0 aliphatic carbocycles. The molecule has 4 rings (SSSR count). The number of hydrogen-bond acceptors (Lipinski definition) is 8. The molecule has 0 amide bonds. The van der Waals surface area contributed by atoms with Crippen molar-refractivity contribution in [2.24, 2.45) is 0 Å². The van der Waals surface area contributed by atoms with Crippen LogP contribution in [0.25, 0.3) is 0 Å². The maximum absolute atomic E-state index is 12.8. The molecule has 0 heterocycles. The molecule has 0 spiro atoms. The van der Waals surface area contributed by atoms with E-state index in [1.54, 1.807) is 38.1 Å². The molecule has 4 aromatic carbocycles. The number of rotatable bonds is 9. The number of sulfone groups is 2. The molecule has 2 N–H and O–H groups in total. The first-order valence-electron chi connectivity index (χ1n) is 11.6. The van der Waals surface area contributed by atoms with Gasteiger partial charge in [0, 0.05) is 0 Å². The summed E-state index contributed by atoms with van der Waals surface area (Å²) in [7, 11) is -7.47. The second-order valence-electron chi connectivity index (χ2n) is 8.58. The van der Waals surface area contributed by atoms with Gasteiger partial charge in [0.2, 0.25) is 19.7 Å². The van der Waals surface area contributed by atoms with E-state index in [0.717, 1.165) is 0 Å². The zero-order valence-corrected chi connectivity index (χ0v) is 22.2. The summed E-state index contributed by atoms with van der Waals surface area (Å²) in [5.74, 6) is 0.863. The molecule has 0 bridgehead atoms. The number of aromatic hydroxyl groups is 2. The highest BCUT2D eigenvalue weighted by atomic mass is 32.2. The zero-order valence-electron chi connectivity index (χ0n) is 20.6. The maximum atomic E-state index is 12.8. The van der Waals surface area contributed by atoms with Crippen LogP contribution in [0.2, 0.25) is 0 Å². The van der Waals surface area contributed by atoms with Crippen molar-refractivity contribution in [2.75, 3.05) is 0 Å². The van der Waals surface area contributed by atoms with Crippen molar-refractivity contribution in [3.63, 3.8) is 0 Å². The number of hydrogen-bond donors (Lipinski definition) is 2. The summed E-state index contributed by atoms with van der Waals surface area (Å²) in [5, 5.41) is 18.8. The van der Waals surface area contributed by atoms with E-state index in [2.05, 4.69) is 0 Å².